The van der Waals surface area contributed by atoms with E-state index < -0.39 is 8.80 Å². The molecule has 0 aliphatic rings. The Morgan fingerprint density at radius 3 is 2.09 bits per heavy atom. The number of rotatable bonds is 11. The molecule has 0 aliphatic carbocycles. The zero-order valence-electron chi connectivity index (χ0n) is 14.6. The molecular weight excluding hydrogens is 312 g/mol. The summed E-state index contributed by atoms with van der Waals surface area (Å²) in [6, 6.07) is 8.28. The van der Waals surface area contributed by atoms with Crippen molar-refractivity contribution in [2.75, 3.05) is 26.4 Å². The molecule has 0 amide bonds. The van der Waals surface area contributed by atoms with Crippen LogP contribution in [0.5, 0.6) is 0 Å². The normalized spacial score (nSPS) is 11.5. The minimum Gasteiger partial charge on any atom is -0.465 e. The zero-order chi connectivity index (χ0) is 17.1. The Kier molecular flexibility index (Phi) is 9.09. The summed E-state index contributed by atoms with van der Waals surface area (Å²) in [6.07, 6.45) is 0.277. The quantitative estimate of drug-likeness (QED) is 0.457. The molecule has 0 radical (unpaired) electrons. The molecule has 1 aromatic carbocycles. The molecule has 130 valence electrons. The fourth-order valence-electron chi connectivity index (χ4n) is 2.31. The third kappa shape index (κ3) is 6.82. The Morgan fingerprint density at radius 2 is 1.57 bits per heavy atom. The average molecular weight is 340 g/mol. The molecule has 0 aliphatic heterocycles. The highest BCUT2D eigenvalue weighted by Crippen LogP contribution is 2.16. The van der Waals surface area contributed by atoms with Crippen LogP contribution in [0.4, 0.5) is 0 Å². The topological polar surface area (TPSA) is 54.0 Å². The molecule has 1 aromatic rings. The smallest absolute Gasteiger partial charge is 0.465 e. The lowest BCUT2D eigenvalue weighted by Gasteiger charge is -2.28. The first-order chi connectivity index (χ1) is 11.1. The minimum atomic E-state index is -2.74. The molecule has 0 fully saturated rings. The second-order valence-electron chi connectivity index (χ2n) is 5.06. The van der Waals surface area contributed by atoms with Crippen molar-refractivity contribution in [2.45, 2.75) is 40.2 Å². The van der Waals surface area contributed by atoms with Gasteiger partial charge in [-0.1, -0.05) is 24.3 Å². The maximum Gasteiger partial charge on any atom is 0.504 e. The van der Waals surface area contributed by atoms with E-state index in [1.807, 2.05) is 52.0 Å². The second-order valence-corrected chi connectivity index (χ2v) is 7.79. The van der Waals surface area contributed by atoms with Gasteiger partial charge in [0.1, 0.15) is 0 Å². The van der Waals surface area contributed by atoms with Crippen molar-refractivity contribution in [2.24, 2.45) is 0 Å². The maximum absolute atomic E-state index is 12.0. The lowest BCUT2D eigenvalue weighted by Crippen LogP contribution is -2.47. The maximum atomic E-state index is 12.0. The van der Waals surface area contributed by atoms with Gasteiger partial charge < -0.3 is 18.0 Å². The monoisotopic (exact) mass is 340 g/mol. The second kappa shape index (κ2) is 10.5. The van der Waals surface area contributed by atoms with Crippen molar-refractivity contribution < 1.29 is 22.8 Å². The molecule has 0 N–H and O–H groups in total. The van der Waals surface area contributed by atoms with Gasteiger partial charge in [-0.05, 0) is 38.8 Å². The molecule has 1 rings (SSSR count). The Morgan fingerprint density at radius 1 is 1.00 bits per heavy atom. The predicted octanol–water partition coefficient (Wildman–Crippen LogP) is 3.13. The Balaban J connectivity index is 2.51. The van der Waals surface area contributed by atoms with Crippen LogP contribution in [-0.4, -0.2) is 41.2 Å². The Hall–Kier alpha value is -1.21. The van der Waals surface area contributed by atoms with Gasteiger partial charge in [0.2, 0.25) is 0 Å². The van der Waals surface area contributed by atoms with Crippen molar-refractivity contribution in [1.29, 1.82) is 0 Å². The van der Waals surface area contributed by atoms with Crippen molar-refractivity contribution in [3.8, 4) is 0 Å². The molecule has 0 saturated heterocycles. The average Bonchev–Trinajstić information content (AvgIpc) is 2.50. The van der Waals surface area contributed by atoms with Crippen LogP contribution in [0.25, 0.3) is 0 Å². The molecule has 0 heterocycles. The van der Waals surface area contributed by atoms with Gasteiger partial charge in [-0.2, -0.15) is 0 Å². The van der Waals surface area contributed by atoms with Crippen molar-refractivity contribution in [3.63, 3.8) is 0 Å². The third-order valence-electron chi connectivity index (χ3n) is 3.36. The highest BCUT2D eigenvalue weighted by molar-refractivity contribution is 6.60. The van der Waals surface area contributed by atoms with E-state index in [0.29, 0.717) is 25.9 Å². The Labute approximate surface area is 140 Å². The van der Waals surface area contributed by atoms with E-state index in [9.17, 15) is 4.79 Å². The number of benzene rings is 1. The fraction of sp³-hybridized carbons (Fsp3) is 0.588. The number of carbonyl (C=O) groups excluding carboxylic acids is 1. The predicted molar refractivity (Wildman–Crippen MR) is 91.3 cm³/mol. The van der Waals surface area contributed by atoms with E-state index in [1.54, 1.807) is 0 Å². The molecular formula is C17H28O5Si. The summed E-state index contributed by atoms with van der Waals surface area (Å²) in [6.45, 7) is 9.50. The van der Waals surface area contributed by atoms with Crippen LogP contribution in [0, 0.1) is 6.92 Å². The summed E-state index contributed by atoms with van der Waals surface area (Å²) in [7, 11) is -2.74. The number of hydrogen-bond acceptors (Lipinski definition) is 5. The summed E-state index contributed by atoms with van der Waals surface area (Å²) in [5, 5.41) is 0. The highest BCUT2D eigenvalue weighted by atomic mass is 28.4. The van der Waals surface area contributed by atoms with Gasteiger partial charge in [0.05, 0.1) is 19.1 Å². The van der Waals surface area contributed by atoms with Gasteiger partial charge in [0, 0.05) is 19.8 Å². The van der Waals surface area contributed by atoms with Crippen molar-refractivity contribution in [3.05, 3.63) is 35.4 Å². The molecule has 0 unspecified atom stereocenters. The third-order valence-corrected chi connectivity index (χ3v) is 6.36. The summed E-state index contributed by atoms with van der Waals surface area (Å²) >= 11 is 0. The molecule has 0 bridgehead atoms. The van der Waals surface area contributed by atoms with Crippen LogP contribution in [0.1, 0.15) is 31.9 Å². The van der Waals surface area contributed by atoms with E-state index in [2.05, 4.69) is 0 Å². The molecule has 0 saturated carbocycles. The lowest BCUT2D eigenvalue weighted by molar-refractivity contribution is -0.142. The molecule has 5 nitrogen and oxygen atoms in total. The van der Waals surface area contributed by atoms with E-state index >= 15 is 0 Å². The number of ether oxygens (including phenoxy) is 1. The molecule has 0 aromatic heterocycles. The SMILES string of the molecule is CCO[Si](CCOC(=O)Cc1ccccc1C)(OCC)OCC. The van der Waals surface area contributed by atoms with Crippen LogP contribution in [-0.2, 0) is 29.2 Å². The van der Waals surface area contributed by atoms with Gasteiger partial charge in [-0.15, -0.1) is 0 Å². The largest absolute Gasteiger partial charge is 0.504 e. The van der Waals surface area contributed by atoms with Crippen LogP contribution in [0.15, 0.2) is 24.3 Å². The first-order valence-electron chi connectivity index (χ1n) is 8.18. The Bertz CT molecular complexity index is 461. The number of carbonyl (C=O) groups is 1. The number of hydrogen-bond donors (Lipinski definition) is 0. The number of esters is 1. The first kappa shape index (κ1) is 19.8. The first-order valence-corrected chi connectivity index (χ1v) is 10.1. The molecule has 0 atom stereocenters. The lowest BCUT2D eigenvalue weighted by atomic mass is 10.1. The molecule has 6 heteroatoms. The summed E-state index contributed by atoms with van der Waals surface area (Å²) < 4.78 is 22.5. The van der Waals surface area contributed by atoms with E-state index in [-0.39, 0.29) is 19.0 Å². The molecule has 23 heavy (non-hydrogen) atoms. The van der Waals surface area contributed by atoms with E-state index in [4.69, 9.17) is 18.0 Å². The van der Waals surface area contributed by atoms with Gasteiger partial charge in [-0.3, -0.25) is 4.79 Å². The zero-order valence-corrected chi connectivity index (χ0v) is 15.6. The number of aryl methyl sites for hydroxylation is 1. The van der Waals surface area contributed by atoms with Crippen LogP contribution in [0.3, 0.4) is 0 Å². The summed E-state index contributed by atoms with van der Waals surface area (Å²) in [4.78, 5) is 12.0. The van der Waals surface area contributed by atoms with E-state index in [0.717, 1.165) is 11.1 Å². The highest BCUT2D eigenvalue weighted by Gasteiger charge is 2.40. The van der Waals surface area contributed by atoms with Gasteiger partial charge in [-0.25, -0.2) is 0 Å². The molecule has 0 spiro atoms. The van der Waals surface area contributed by atoms with Gasteiger partial charge >= 0.3 is 14.8 Å². The van der Waals surface area contributed by atoms with Crippen molar-refractivity contribution in [1.82, 2.24) is 0 Å². The fourth-order valence-corrected chi connectivity index (χ4v) is 4.66. The van der Waals surface area contributed by atoms with Crippen LogP contribution < -0.4 is 0 Å². The summed E-state index contributed by atoms with van der Waals surface area (Å²) in [5.74, 6) is -0.244. The van der Waals surface area contributed by atoms with Gasteiger partial charge in [0.15, 0.2) is 0 Å². The van der Waals surface area contributed by atoms with Gasteiger partial charge in [0.25, 0.3) is 0 Å². The van der Waals surface area contributed by atoms with Crippen LogP contribution in [0.2, 0.25) is 6.04 Å². The standard InChI is InChI=1S/C17H28O5Si/c1-5-20-23(21-6-2,22-7-3)13-12-19-17(18)14-16-11-9-8-10-15(16)4/h8-11H,5-7,12-14H2,1-4H3. The minimum absolute atomic E-state index is 0.244. The van der Waals surface area contributed by atoms with E-state index in [1.165, 1.54) is 0 Å². The van der Waals surface area contributed by atoms with Crippen molar-refractivity contribution >= 4 is 14.8 Å². The summed E-state index contributed by atoms with van der Waals surface area (Å²) in [5.41, 5.74) is 2.08. The van der Waals surface area contributed by atoms with Crippen LogP contribution >= 0.6 is 0 Å².